The van der Waals surface area contributed by atoms with Crippen LogP contribution in [0.5, 0.6) is 0 Å². The van der Waals surface area contributed by atoms with Crippen molar-refractivity contribution in [2.24, 2.45) is 0 Å². The summed E-state index contributed by atoms with van der Waals surface area (Å²) >= 11 is 0. The Kier molecular flexibility index (Phi) is 77.7. The molecule has 0 saturated carbocycles. The molecule has 0 aromatic rings. The zero-order valence-electron chi connectivity index (χ0n) is 2.75. The summed E-state index contributed by atoms with van der Waals surface area (Å²) in [4.78, 5) is 3.25. The van der Waals surface area contributed by atoms with Crippen molar-refractivity contribution in [3.63, 3.8) is 0 Å². The van der Waals surface area contributed by atoms with E-state index in [4.69, 9.17) is 15.8 Å². The Labute approximate surface area is 29.1 Å². The molecule has 0 spiro atoms. The molecule has 3 N–H and O–H groups in total. The Hall–Kier alpha value is -0.160. The Balaban J connectivity index is 0. The number of hydrogen-bond acceptors (Lipinski definition) is 4. The van der Waals surface area contributed by atoms with E-state index in [0.717, 1.165) is 0 Å². The molecule has 0 bridgehead atoms. The molecule has 0 amide bonds. The third-order valence-corrected chi connectivity index (χ3v) is 0. The maximum absolute atomic E-state index is 7.07. The molecule has 34 valence electrons. The molecule has 0 unspecified atom stereocenters. The second-order valence-electron chi connectivity index (χ2n) is 0.183. The van der Waals surface area contributed by atoms with Gasteiger partial charge in [-0.25, -0.2) is 4.89 Å². The topological polar surface area (TPSA) is 69.9 Å². The lowest BCUT2D eigenvalue weighted by Gasteiger charge is -1.59. The van der Waals surface area contributed by atoms with Crippen molar-refractivity contribution in [3.05, 3.63) is 0 Å². The van der Waals surface area contributed by atoms with Gasteiger partial charge in [0.2, 0.25) is 0 Å². The summed E-state index contributed by atoms with van der Waals surface area (Å²) in [7, 11) is 1.18. The van der Waals surface area contributed by atoms with Crippen LogP contribution < -0.4 is 0 Å². The van der Waals surface area contributed by atoms with Gasteiger partial charge in [0, 0.05) is 0 Å². The van der Waals surface area contributed by atoms with Crippen molar-refractivity contribution in [3.8, 4) is 0 Å². The molecule has 4 nitrogen and oxygen atoms in total. The second kappa shape index (κ2) is 43.9. The lowest BCUT2D eigenvalue weighted by Crippen LogP contribution is -1.57. The quantitative estimate of drug-likeness (QED) is 0.287. The zero-order chi connectivity index (χ0) is 4.71. The van der Waals surface area contributed by atoms with Gasteiger partial charge in [0.1, 0.15) is 0 Å². The summed E-state index contributed by atoms with van der Waals surface area (Å²) in [5, 5.41) is 19.1. The first-order valence-corrected chi connectivity index (χ1v) is 0.791. The minimum absolute atomic E-state index is 1.18. The molecule has 0 saturated heterocycles. The van der Waals surface area contributed by atoms with E-state index in [0.29, 0.717) is 0 Å². The molecule has 0 heterocycles. The van der Waals surface area contributed by atoms with Gasteiger partial charge in [-0.05, 0) is 0 Å². The smallest absolute Gasteiger partial charge is 0.0710 e. The van der Waals surface area contributed by atoms with Crippen molar-refractivity contribution in [2.75, 3.05) is 7.11 Å². The fraction of sp³-hybridized carbons (Fsp3) is 1.00. The summed E-state index contributed by atoms with van der Waals surface area (Å²) in [5.74, 6) is 0. The zero-order valence-corrected chi connectivity index (χ0v) is 2.75. The van der Waals surface area contributed by atoms with Gasteiger partial charge in [-0.3, -0.25) is 15.8 Å². The average molecular weight is 82.1 g/mol. The summed E-state index contributed by atoms with van der Waals surface area (Å²) in [5.41, 5.74) is 0. The number of hydrogen-bond donors (Lipinski definition) is 3. The molecule has 0 atom stereocenters. The Morgan fingerprint density at radius 2 is 1.40 bits per heavy atom. The monoisotopic (exact) mass is 82.0 g/mol. The van der Waals surface area contributed by atoms with Gasteiger partial charge in [0.25, 0.3) is 0 Å². The molecule has 4 heteroatoms. The molecule has 0 aromatic carbocycles. The fourth-order valence-corrected chi connectivity index (χ4v) is 0. The molecule has 0 aliphatic heterocycles. The van der Waals surface area contributed by atoms with Gasteiger partial charge in [0.05, 0.1) is 7.11 Å². The largest absolute Gasteiger partial charge is 0.255 e. The molecule has 0 radical (unpaired) electrons. The lowest BCUT2D eigenvalue weighted by molar-refractivity contribution is -0.214. The second-order valence-corrected chi connectivity index (χ2v) is 0.183. The van der Waals surface area contributed by atoms with Crippen LogP contribution in [0.15, 0.2) is 0 Å². The maximum atomic E-state index is 7.07. The van der Waals surface area contributed by atoms with Gasteiger partial charge in [-0.2, -0.15) is 0 Å². The van der Waals surface area contributed by atoms with Crippen LogP contribution in [0.1, 0.15) is 0 Å². The standard InChI is InChI=1S/CH4O2.H2O2/c1-3-2;1-2/h2H,1H3;1-2H. The van der Waals surface area contributed by atoms with Crippen molar-refractivity contribution < 1.29 is 20.7 Å². The molecular formula is CH6O4. The molecule has 0 rings (SSSR count). The molecular weight excluding hydrogens is 76.0 g/mol. The van der Waals surface area contributed by atoms with Gasteiger partial charge in [0.15, 0.2) is 0 Å². The van der Waals surface area contributed by atoms with Gasteiger partial charge in [-0.15, -0.1) is 0 Å². The van der Waals surface area contributed by atoms with E-state index in [2.05, 4.69) is 4.89 Å². The van der Waals surface area contributed by atoms with Gasteiger partial charge < -0.3 is 0 Å². The Morgan fingerprint density at radius 3 is 1.40 bits per heavy atom. The molecule has 5 heavy (non-hydrogen) atoms. The van der Waals surface area contributed by atoms with E-state index in [1.807, 2.05) is 0 Å². The van der Waals surface area contributed by atoms with Crippen LogP contribution in [0.2, 0.25) is 0 Å². The maximum Gasteiger partial charge on any atom is 0.0710 e. The third-order valence-electron chi connectivity index (χ3n) is 0. The van der Waals surface area contributed by atoms with Crippen molar-refractivity contribution in [1.82, 2.24) is 0 Å². The van der Waals surface area contributed by atoms with Crippen LogP contribution in [0.25, 0.3) is 0 Å². The van der Waals surface area contributed by atoms with Crippen LogP contribution >= 0.6 is 0 Å². The SMILES string of the molecule is COO.OO. The number of rotatable bonds is 0. The minimum atomic E-state index is 1.18. The summed E-state index contributed by atoms with van der Waals surface area (Å²) in [6.07, 6.45) is 0. The van der Waals surface area contributed by atoms with Crippen LogP contribution in [0.3, 0.4) is 0 Å². The third kappa shape index (κ3) is 508. The lowest BCUT2D eigenvalue weighted by atomic mass is 11.8. The van der Waals surface area contributed by atoms with Crippen LogP contribution in [0, 0.1) is 0 Å². The highest BCUT2D eigenvalue weighted by molar-refractivity contribution is 3.30. The molecule has 0 aliphatic rings. The van der Waals surface area contributed by atoms with Crippen LogP contribution in [-0.4, -0.2) is 22.9 Å². The summed E-state index contributed by atoms with van der Waals surface area (Å²) in [6, 6.07) is 0. The van der Waals surface area contributed by atoms with Crippen molar-refractivity contribution in [1.29, 1.82) is 0 Å². The predicted octanol–water partition coefficient (Wildman–Crippen LogP) is 0.123. The van der Waals surface area contributed by atoms with Crippen LogP contribution in [-0.2, 0) is 4.89 Å². The normalized spacial score (nSPS) is 4.80. The average Bonchev–Trinajstić information content (AvgIpc) is 1.46. The Morgan fingerprint density at radius 1 is 1.40 bits per heavy atom. The van der Waals surface area contributed by atoms with Crippen molar-refractivity contribution >= 4 is 0 Å². The van der Waals surface area contributed by atoms with Crippen molar-refractivity contribution in [2.45, 2.75) is 0 Å². The van der Waals surface area contributed by atoms with Gasteiger partial charge >= 0.3 is 0 Å². The van der Waals surface area contributed by atoms with E-state index in [9.17, 15) is 0 Å². The van der Waals surface area contributed by atoms with E-state index in [1.54, 1.807) is 0 Å². The summed E-state index contributed by atoms with van der Waals surface area (Å²) in [6.45, 7) is 0. The first kappa shape index (κ1) is 8.85. The van der Waals surface area contributed by atoms with E-state index in [1.165, 1.54) is 7.11 Å². The van der Waals surface area contributed by atoms with Gasteiger partial charge in [-0.1, -0.05) is 0 Å². The van der Waals surface area contributed by atoms with E-state index in [-0.39, 0.29) is 0 Å². The predicted molar refractivity (Wildman–Crippen MR) is 14.9 cm³/mol. The molecule has 0 aliphatic carbocycles. The van der Waals surface area contributed by atoms with E-state index >= 15 is 0 Å². The highest BCUT2D eigenvalue weighted by Crippen LogP contribution is 1.26. The first-order chi connectivity index (χ1) is 2.41. The summed E-state index contributed by atoms with van der Waals surface area (Å²) < 4.78 is 0. The highest BCUT2D eigenvalue weighted by atomic mass is 17.1. The molecule has 0 fully saturated rings. The molecule has 0 aromatic heterocycles. The Bertz CT molecular complexity index is 3.61. The first-order valence-electron chi connectivity index (χ1n) is 0.791. The highest BCUT2D eigenvalue weighted by Gasteiger charge is 1.26. The fourth-order valence-electron chi connectivity index (χ4n) is 0. The van der Waals surface area contributed by atoms with Crippen LogP contribution in [0.4, 0.5) is 0 Å². The minimum Gasteiger partial charge on any atom is -0.255 e. The van der Waals surface area contributed by atoms with E-state index < -0.39 is 0 Å².